The summed E-state index contributed by atoms with van der Waals surface area (Å²) < 4.78 is 0. The number of hydrogen-bond donors (Lipinski definition) is 2. The zero-order chi connectivity index (χ0) is 15.5. The molecule has 0 aliphatic carbocycles. The first-order valence-corrected chi connectivity index (χ1v) is 7.47. The third kappa shape index (κ3) is 2.82. The maximum atomic E-state index is 12.2. The molecule has 2 amide bonds. The van der Waals surface area contributed by atoms with Crippen molar-refractivity contribution in [2.24, 2.45) is 4.99 Å². The van der Waals surface area contributed by atoms with Gasteiger partial charge in [0.15, 0.2) is 5.13 Å². The van der Waals surface area contributed by atoms with Crippen LogP contribution < -0.4 is 15.8 Å². The first-order valence-electron chi connectivity index (χ1n) is 6.59. The number of nitrogens with one attached hydrogen (secondary N) is 2. The number of amidine groups is 1. The minimum absolute atomic E-state index is 0.0751. The molecule has 1 aliphatic heterocycles. The number of thiazole rings is 1. The topological polar surface area (TPSA) is 86.7 Å². The summed E-state index contributed by atoms with van der Waals surface area (Å²) in [7, 11) is 0. The van der Waals surface area contributed by atoms with Gasteiger partial charge in [0.25, 0.3) is 11.8 Å². The number of nitrogens with zero attached hydrogens (tertiary/aromatic N) is 3. The second kappa shape index (κ2) is 5.94. The van der Waals surface area contributed by atoms with Crippen LogP contribution >= 0.6 is 11.3 Å². The van der Waals surface area contributed by atoms with Crippen LogP contribution in [0.15, 0.2) is 46.9 Å². The van der Waals surface area contributed by atoms with Gasteiger partial charge in [0, 0.05) is 11.6 Å². The van der Waals surface area contributed by atoms with Gasteiger partial charge in [-0.2, -0.15) is 0 Å². The minimum Gasteiger partial charge on any atom is -0.295 e. The van der Waals surface area contributed by atoms with Gasteiger partial charge >= 0.3 is 0 Å². The van der Waals surface area contributed by atoms with Crippen molar-refractivity contribution < 1.29 is 9.59 Å². The van der Waals surface area contributed by atoms with E-state index < -0.39 is 11.9 Å². The first kappa shape index (κ1) is 14.2. The van der Waals surface area contributed by atoms with Gasteiger partial charge in [-0.3, -0.25) is 20.3 Å². The molecule has 0 spiro atoms. The summed E-state index contributed by atoms with van der Waals surface area (Å²) in [6.07, 6.45) is 1.60. The Morgan fingerprint density at radius 3 is 2.82 bits per heavy atom. The molecule has 0 radical (unpaired) electrons. The molecule has 0 saturated carbocycles. The lowest BCUT2D eigenvalue weighted by Crippen LogP contribution is -2.57. The van der Waals surface area contributed by atoms with Crippen molar-refractivity contribution in [1.29, 1.82) is 0 Å². The maximum Gasteiger partial charge on any atom is 0.294 e. The molecule has 2 heterocycles. The Bertz CT molecular complexity index is 714. The smallest absolute Gasteiger partial charge is 0.294 e. The van der Waals surface area contributed by atoms with Gasteiger partial charge in [0.05, 0.1) is 5.69 Å². The van der Waals surface area contributed by atoms with Crippen LogP contribution in [0.5, 0.6) is 0 Å². The van der Waals surface area contributed by atoms with Crippen LogP contribution in [0.3, 0.4) is 0 Å². The number of benzene rings is 1. The van der Waals surface area contributed by atoms with E-state index in [0.29, 0.717) is 10.8 Å². The fourth-order valence-corrected chi connectivity index (χ4v) is 2.47. The predicted molar refractivity (Wildman–Crippen MR) is 84.7 cm³/mol. The number of aliphatic imine (C=N–C) groups is 1. The second-order valence-corrected chi connectivity index (χ2v) is 5.46. The summed E-state index contributed by atoms with van der Waals surface area (Å²) in [5.41, 5.74) is 3.41. The lowest BCUT2D eigenvalue weighted by molar-refractivity contribution is -0.120. The molecule has 7 nitrogen and oxygen atoms in total. The number of anilines is 2. The van der Waals surface area contributed by atoms with E-state index in [1.807, 2.05) is 18.2 Å². The van der Waals surface area contributed by atoms with Gasteiger partial charge in [0.2, 0.25) is 5.84 Å². The zero-order valence-electron chi connectivity index (χ0n) is 11.7. The van der Waals surface area contributed by atoms with E-state index in [9.17, 15) is 9.59 Å². The SMILES string of the molecule is CC1N=C(C(=O)Nc2nccs2)NN(c2ccccc2)C1=O. The molecular formula is C14H13N5O2S. The minimum atomic E-state index is -0.640. The molecule has 112 valence electrons. The van der Waals surface area contributed by atoms with Crippen LogP contribution in [0.4, 0.5) is 10.8 Å². The van der Waals surface area contributed by atoms with Crippen LogP contribution in [0.25, 0.3) is 0 Å². The molecule has 1 aromatic heterocycles. The number of aromatic nitrogens is 1. The Morgan fingerprint density at radius 1 is 1.36 bits per heavy atom. The van der Waals surface area contributed by atoms with Crippen LogP contribution in [-0.4, -0.2) is 28.7 Å². The van der Waals surface area contributed by atoms with Crippen LogP contribution in [0.2, 0.25) is 0 Å². The van der Waals surface area contributed by atoms with Crippen molar-refractivity contribution >= 4 is 39.8 Å². The number of amides is 2. The van der Waals surface area contributed by atoms with E-state index in [2.05, 4.69) is 20.7 Å². The highest BCUT2D eigenvalue weighted by molar-refractivity contribution is 7.13. The van der Waals surface area contributed by atoms with Crippen molar-refractivity contribution in [3.63, 3.8) is 0 Å². The standard InChI is InChI=1S/C14H13N5O2S/c1-9-13(21)19(10-5-3-2-4-6-10)18-11(16-9)12(20)17-14-15-7-8-22-14/h2-9H,1H3,(H,16,18)(H,15,17,20). The lowest BCUT2D eigenvalue weighted by atomic mass is 10.2. The van der Waals surface area contributed by atoms with E-state index >= 15 is 0 Å². The number of rotatable bonds is 3. The normalized spacial score (nSPS) is 17.7. The van der Waals surface area contributed by atoms with Crippen LogP contribution in [0, 0.1) is 0 Å². The van der Waals surface area contributed by atoms with Crippen LogP contribution in [-0.2, 0) is 9.59 Å². The van der Waals surface area contributed by atoms with Crippen molar-refractivity contribution in [1.82, 2.24) is 10.4 Å². The lowest BCUT2D eigenvalue weighted by Gasteiger charge is -2.30. The summed E-state index contributed by atoms with van der Waals surface area (Å²) in [6, 6.07) is 8.40. The van der Waals surface area contributed by atoms with E-state index in [-0.39, 0.29) is 11.7 Å². The summed E-state index contributed by atoms with van der Waals surface area (Å²) in [6.45, 7) is 1.65. The third-order valence-corrected chi connectivity index (χ3v) is 3.69. The molecule has 0 saturated heterocycles. The Hall–Kier alpha value is -2.74. The monoisotopic (exact) mass is 315 g/mol. The highest BCUT2D eigenvalue weighted by atomic mass is 32.1. The van der Waals surface area contributed by atoms with Gasteiger partial charge in [-0.1, -0.05) is 18.2 Å². The summed E-state index contributed by atoms with van der Waals surface area (Å²) >= 11 is 1.31. The molecule has 1 aliphatic rings. The molecule has 0 fully saturated rings. The largest absolute Gasteiger partial charge is 0.295 e. The molecule has 2 aromatic rings. The number of carbonyl (C=O) groups excluding carboxylic acids is 2. The molecule has 1 atom stereocenters. The molecule has 1 aromatic carbocycles. The van der Waals surface area contributed by atoms with Crippen molar-refractivity contribution in [2.75, 3.05) is 10.3 Å². The van der Waals surface area contributed by atoms with Gasteiger partial charge in [-0.15, -0.1) is 11.3 Å². The van der Waals surface area contributed by atoms with E-state index in [0.717, 1.165) is 0 Å². The molecule has 2 N–H and O–H groups in total. The molecular weight excluding hydrogens is 302 g/mol. The molecule has 0 bridgehead atoms. The van der Waals surface area contributed by atoms with E-state index in [1.165, 1.54) is 16.3 Å². The van der Waals surface area contributed by atoms with Gasteiger partial charge < -0.3 is 0 Å². The average molecular weight is 315 g/mol. The maximum absolute atomic E-state index is 12.2. The van der Waals surface area contributed by atoms with Crippen LogP contribution in [0.1, 0.15) is 6.92 Å². The first-order chi connectivity index (χ1) is 10.6. The zero-order valence-corrected chi connectivity index (χ0v) is 12.5. The Balaban J connectivity index is 1.82. The Labute approximate surface area is 130 Å². The summed E-state index contributed by atoms with van der Waals surface area (Å²) in [5, 5.41) is 6.20. The Kier molecular flexibility index (Phi) is 3.84. The molecule has 3 rings (SSSR count). The molecule has 22 heavy (non-hydrogen) atoms. The quantitative estimate of drug-likeness (QED) is 0.897. The van der Waals surface area contributed by atoms with E-state index in [1.54, 1.807) is 30.6 Å². The number of carbonyl (C=O) groups is 2. The van der Waals surface area contributed by atoms with Crippen molar-refractivity contribution in [2.45, 2.75) is 13.0 Å². The highest BCUT2D eigenvalue weighted by Gasteiger charge is 2.30. The van der Waals surface area contributed by atoms with E-state index in [4.69, 9.17) is 0 Å². The van der Waals surface area contributed by atoms with Crippen molar-refractivity contribution in [3.05, 3.63) is 41.9 Å². The summed E-state index contributed by atoms with van der Waals surface area (Å²) in [4.78, 5) is 32.5. The highest BCUT2D eigenvalue weighted by Crippen LogP contribution is 2.16. The summed E-state index contributed by atoms with van der Waals surface area (Å²) in [5.74, 6) is -0.585. The molecule has 8 heteroatoms. The Morgan fingerprint density at radius 2 is 2.14 bits per heavy atom. The average Bonchev–Trinajstić information content (AvgIpc) is 3.03. The number of hydrazine groups is 1. The predicted octanol–water partition coefficient (Wildman–Crippen LogP) is 1.42. The van der Waals surface area contributed by atoms with Gasteiger partial charge in [0.1, 0.15) is 6.04 Å². The molecule has 1 unspecified atom stereocenters. The number of hydrogen-bond acceptors (Lipinski definition) is 6. The van der Waals surface area contributed by atoms with Gasteiger partial charge in [-0.25, -0.2) is 15.0 Å². The van der Waals surface area contributed by atoms with Gasteiger partial charge in [-0.05, 0) is 19.1 Å². The second-order valence-electron chi connectivity index (χ2n) is 4.57. The fourth-order valence-electron chi connectivity index (χ4n) is 1.95. The number of para-hydroxylation sites is 1. The van der Waals surface area contributed by atoms with Crippen molar-refractivity contribution in [3.8, 4) is 0 Å². The third-order valence-electron chi connectivity index (χ3n) is 3.00. The fraction of sp³-hybridized carbons (Fsp3) is 0.143.